The number of alkyl halides is 3. The molecule has 0 aliphatic rings. The van der Waals surface area contributed by atoms with Gasteiger partial charge in [-0.2, -0.15) is 5.10 Å². The predicted octanol–water partition coefficient (Wildman–Crippen LogP) is 4.25. The second-order valence-corrected chi connectivity index (χ2v) is 7.07. The van der Waals surface area contributed by atoms with Gasteiger partial charge in [0.05, 0.1) is 6.04 Å². The number of aryl methyl sites for hydroxylation is 1. The van der Waals surface area contributed by atoms with E-state index in [1.807, 2.05) is 13.8 Å². The van der Waals surface area contributed by atoms with Gasteiger partial charge >= 0.3 is 0 Å². The van der Waals surface area contributed by atoms with Crippen LogP contribution in [0.3, 0.4) is 0 Å². The molecule has 5 nitrogen and oxygen atoms in total. The molecule has 0 fully saturated rings. The molecule has 0 amide bonds. The van der Waals surface area contributed by atoms with Crippen LogP contribution in [-0.4, -0.2) is 19.7 Å². The van der Waals surface area contributed by atoms with Crippen LogP contribution in [-0.2, 0) is 12.6 Å². The lowest BCUT2D eigenvalue weighted by molar-refractivity contribution is 0.0174. The molecule has 1 atom stereocenters. The normalized spacial score (nSPS) is 13.5. The zero-order valence-electron chi connectivity index (χ0n) is 15.6. The zero-order chi connectivity index (χ0) is 19.9. The molecule has 0 radical (unpaired) electrons. The summed E-state index contributed by atoms with van der Waals surface area (Å²) in [6.45, 7) is 5.46. The maximum absolute atomic E-state index is 13.5. The Morgan fingerprint density at radius 1 is 1.22 bits per heavy atom. The molecular weight excluding hydrogens is 357 g/mol. The van der Waals surface area contributed by atoms with Crippen molar-refractivity contribution < 1.29 is 13.2 Å². The van der Waals surface area contributed by atoms with Crippen LogP contribution in [0.5, 0.6) is 0 Å². The quantitative estimate of drug-likeness (QED) is 0.722. The first kappa shape index (κ1) is 19.1. The molecule has 0 aliphatic carbocycles. The Kier molecular flexibility index (Phi) is 4.84. The highest BCUT2D eigenvalue weighted by molar-refractivity contribution is 5.77. The van der Waals surface area contributed by atoms with Gasteiger partial charge in [0.25, 0.3) is 11.5 Å². The van der Waals surface area contributed by atoms with Gasteiger partial charge in [-0.05, 0) is 18.4 Å². The van der Waals surface area contributed by atoms with Gasteiger partial charge in [0.2, 0.25) is 0 Å². The number of aromatic nitrogens is 4. The number of nitrogens with zero attached hydrogens (tertiary/aromatic N) is 3. The van der Waals surface area contributed by atoms with Crippen LogP contribution < -0.4 is 5.56 Å². The van der Waals surface area contributed by atoms with Crippen LogP contribution in [0, 0.1) is 12.8 Å². The number of benzene rings is 1. The first-order chi connectivity index (χ1) is 12.6. The van der Waals surface area contributed by atoms with E-state index < -0.39 is 18.2 Å². The number of fused-ring (bicyclic) bond motifs is 1. The second kappa shape index (κ2) is 6.83. The second-order valence-electron chi connectivity index (χ2n) is 7.07. The summed E-state index contributed by atoms with van der Waals surface area (Å²) < 4.78 is 42.0. The van der Waals surface area contributed by atoms with Crippen LogP contribution in [0.2, 0.25) is 0 Å². The summed E-state index contributed by atoms with van der Waals surface area (Å²) in [5.74, 6) is -2.55. The lowest BCUT2D eigenvalue weighted by Crippen LogP contribution is -2.20. The third kappa shape index (κ3) is 3.48. The van der Waals surface area contributed by atoms with Crippen molar-refractivity contribution in [3.8, 4) is 0 Å². The van der Waals surface area contributed by atoms with Gasteiger partial charge in [0.1, 0.15) is 23.6 Å². The van der Waals surface area contributed by atoms with Crippen molar-refractivity contribution >= 4 is 11.0 Å². The Hall–Kier alpha value is -2.64. The number of H-pyrrole nitrogens is 1. The predicted molar refractivity (Wildman–Crippen MR) is 96.7 cm³/mol. The van der Waals surface area contributed by atoms with E-state index in [1.165, 1.54) is 16.8 Å². The van der Waals surface area contributed by atoms with E-state index in [2.05, 4.69) is 15.1 Å². The molecule has 0 saturated carbocycles. The Labute approximate surface area is 154 Å². The van der Waals surface area contributed by atoms with Crippen molar-refractivity contribution in [3.63, 3.8) is 0 Å². The Bertz CT molecular complexity index is 1020. The lowest BCUT2D eigenvalue weighted by atomic mass is 9.94. The monoisotopic (exact) mass is 378 g/mol. The first-order valence-electron chi connectivity index (χ1n) is 8.65. The summed E-state index contributed by atoms with van der Waals surface area (Å²) in [7, 11) is 0. The average Bonchev–Trinajstić information content (AvgIpc) is 2.93. The average molecular weight is 378 g/mol. The van der Waals surface area contributed by atoms with Crippen molar-refractivity contribution in [2.45, 2.75) is 46.3 Å². The SMILES string of the molecule is Cc1nc2c(c(CF)nn2C(c2ccc(C(C)(F)F)cc2)C(C)C)c(=O)[nH]1. The number of hydrogen-bond acceptors (Lipinski definition) is 3. The van der Waals surface area contributed by atoms with E-state index in [0.717, 1.165) is 12.5 Å². The van der Waals surface area contributed by atoms with Crippen LogP contribution in [0.1, 0.15) is 49.5 Å². The molecule has 3 rings (SSSR count). The van der Waals surface area contributed by atoms with E-state index in [9.17, 15) is 18.0 Å². The van der Waals surface area contributed by atoms with E-state index in [4.69, 9.17) is 0 Å². The highest BCUT2D eigenvalue weighted by atomic mass is 19.3. The van der Waals surface area contributed by atoms with Crippen molar-refractivity contribution in [2.75, 3.05) is 0 Å². The van der Waals surface area contributed by atoms with Crippen LogP contribution in [0.4, 0.5) is 13.2 Å². The number of hydrogen-bond donors (Lipinski definition) is 1. The smallest absolute Gasteiger partial charge is 0.270 e. The van der Waals surface area contributed by atoms with Crippen molar-refractivity contribution in [1.82, 2.24) is 19.7 Å². The van der Waals surface area contributed by atoms with Crippen molar-refractivity contribution in [3.05, 3.63) is 57.3 Å². The van der Waals surface area contributed by atoms with Crippen LogP contribution in [0.15, 0.2) is 29.1 Å². The largest absolute Gasteiger partial charge is 0.310 e. The molecule has 0 bridgehead atoms. The maximum atomic E-state index is 13.5. The summed E-state index contributed by atoms with van der Waals surface area (Å²) in [6.07, 6.45) is 0. The van der Waals surface area contributed by atoms with E-state index in [-0.39, 0.29) is 34.3 Å². The van der Waals surface area contributed by atoms with Gasteiger partial charge in [-0.1, -0.05) is 38.1 Å². The molecule has 1 N–H and O–H groups in total. The number of rotatable bonds is 5. The van der Waals surface area contributed by atoms with Gasteiger partial charge < -0.3 is 4.98 Å². The van der Waals surface area contributed by atoms with Gasteiger partial charge in [-0.25, -0.2) is 22.8 Å². The summed E-state index contributed by atoms with van der Waals surface area (Å²) in [5.41, 5.74) is 0.495. The molecule has 0 spiro atoms. The van der Waals surface area contributed by atoms with E-state index >= 15 is 0 Å². The molecule has 3 aromatic rings. The standard InChI is InChI=1S/C19H21F3N4O/c1-10(2)16(12-5-7-13(8-6-12)19(4,21)22)26-17-15(14(9-20)25-26)18(27)24-11(3)23-17/h5-8,10,16H,9H2,1-4H3,(H,23,24,27). The van der Waals surface area contributed by atoms with E-state index in [0.29, 0.717) is 5.82 Å². The topological polar surface area (TPSA) is 63.6 Å². The Morgan fingerprint density at radius 2 is 1.85 bits per heavy atom. The van der Waals surface area contributed by atoms with Gasteiger partial charge in [-0.15, -0.1) is 0 Å². The third-order valence-corrected chi connectivity index (χ3v) is 4.53. The van der Waals surface area contributed by atoms with Crippen molar-refractivity contribution in [2.24, 2.45) is 5.92 Å². The Balaban J connectivity index is 2.21. The lowest BCUT2D eigenvalue weighted by Gasteiger charge is -2.23. The molecule has 144 valence electrons. The minimum absolute atomic E-state index is 0.00468. The number of aromatic amines is 1. The summed E-state index contributed by atoms with van der Waals surface area (Å²) in [5, 5.41) is 4.41. The Morgan fingerprint density at radius 3 is 2.37 bits per heavy atom. The molecule has 0 saturated heterocycles. The third-order valence-electron chi connectivity index (χ3n) is 4.53. The van der Waals surface area contributed by atoms with Gasteiger partial charge in [0.15, 0.2) is 5.65 Å². The summed E-state index contributed by atoms with van der Waals surface area (Å²) >= 11 is 0. The minimum Gasteiger partial charge on any atom is -0.310 e. The number of halogens is 3. The van der Waals surface area contributed by atoms with Crippen LogP contribution >= 0.6 is 0 Å². The fourth-order valence-electron chi connectivity index (χ4n) is 3.29. The molecule has 2 aromatic heterocycles. The fourth-order valence-corrected chi connectivity index (χ4v) is 3.29. The minimum atomic E-state index is -2.93. The molecule has 8 heteroatoms. The highest BCUT2D eigenvalue weighted by Crippen LogP contribution is 2.32. The van der Waals surface area contributed by atoms with Crippen molar-refractivity contribution in [1.29, 1.82) is 0 Å². The van der Waals surface area contributed by atoms with E-state index in [1.54, 1.807) is 19.1 Å². The van der Waals surface area contributed by atoms with Crippen LogP contribution in [0.25, 0.3) is 11.0 Å². The maximum Gasteiger partial charge on any atom is 0.270 e. The first-order valence-corrected chi connectivity index (χ1v) is 8.65. The highest BCUT2D eigenvalue weighted by Gasteiger charge is 2.27. The molecular formula is C19H21F3N4O. The molecule has 2 heterocycles. The van der Waals surface area contributed by atoms with Gasteiger partial charge in [-0.3, -0.25) is 4.79 Å². The number of nitrogens with one attached hydrogen (secondary N) is 1. The fraction of sp³-hybridized carbons (Fsp3) is 0.421. The van der Waals surface area contributed by atoms with Gasteiger partial charge in [0, 0.05) is 12.5 Å². The zero-order valence-corrected chi connectivity index (χ0v) is 15.6. The summed E-state index contributed by atoms with van der Waals surface area (Å²) in [4.78, 5) is 19.2. The summed E-state index contributed by atoms with van der Waals surface area (Å²) in [6, 6.07) is 5.58. The molecule has 0 aliphatic heterocycles. The molecule has 27 heavy (non-hydrogen) atoms. The molecule has 1 unspecified atom stereocenters. The molecule has 1 aromatic carbocycles.